The third kappa shape index (κ3) is 3.21. The van der Waals surface area contributed by atoms with Crippen LogP contribution in [0.4, 0.5) is 11.9 Å². The molecule has 6 heteroatoms. The summed E-state index contributed by atoms with van der Waals surface area (Å²) < 4.78 is 2.99. The number of fused-ring (bicyclic) bond motifs is 1. The number of hydrogen-bond donors (Lipinski definition) is 2. The van der Waals surface area contributed by atoms with Gasteiger partial charge in [-0.2, -0.15) is 4.98 Å². The Morgan fingerprint density at radius 3 is 2.38 bits per heavy atom. The number of rotatable bonds is 3. The second kappa shape index (κ2) is 6.76. The van der Waals surface area contributed by atoms with Gasteiger partial charge in [-0.25, -0.2) is 4.68 Å². The molecule has 3 N–H and O–H groups in total. The van der Waals surface area contributed by atoms with Crippen molar-refractivity contribution in [2.75, 3.05) is 11.1 Å². The SMILES string of the molecule is CC(C)c1ccc([C@H]2C[C@@H](c3ccc(Br)cc3)Nc3nc(N)nn32)cc1. The lowest BCUT2D eigenvalue weighted by molar-refractivity contribution is 0.431. The first-order valence-electron chi connectivity index (χ1n) is 8.85. The fourth-order valence-corrected chi connectivity index (χ4v) is 3.75. The van der Waals surface area contributed by atoms with Gasteiger partial charge in [0.2, 0.25) is 11.9 Å². The van der Waals surface area contributed by atoms with Crippen LogP contribution in [0.25, 0.3) is 0 Å². The molecule has 0 radical (unpaired) electrons. The van der Waals surface area contributed by atoms with Gasteiger partial charge in [0.1, 0.15) is 0 Å². The Morgan fingerprint density at radius 1 is 1.08 bits per heavy atom. The minimum absolute atomic E-state index is 0.103. The zero-order valence-corrected chi connectivity index (χ0v) is 16.4. The average molecular weight is 412 g/mol. The van der Waals surface area contributed by atoms with E-state index in [0.717, 1.165) is 16.8 Å². The highest BCUT2D eigenvalue weighted by Crippen LogP contribution is 2.38. The molecule has 0 unspecified atom stereocenters. The van der Waals surface area contributed by atoms with Crippen LogP contribution in [0.15, 0.2) is 53.0 Å². The van der Waals surface area contributed by atoms with Crippen molar-refractivity contribution in [1.29, 1.82) is 0 Å². The van der Waals surface area contributed by atoms with Crippen molar-refractivity contribution in [2.45, 2.75) is 38.3 Å². The Labute approximate surface area is 161 Å². The summed E-state index contributed by atoms with van der Waals surface area (Å²) in [5, 5.41) is 7.90. The second-order valence-corrected chi connectivity index (χ2v) is 7.98. The Morgan fingerprint density at radius 2 is 1.73 bits per heavy atom. The Hall–Kier alpha value is -2.34. The molecule has 0 aliphatic carbocycles. The molecule has 0 fully saturated rings. The third-order valence-electron chi connectivity index (χ3n) is 4.97. The largest absolute Gasteiger partial charge is 0.366 e. The van der Waals surface area contributed by atoms with Crippen molar-refractivity contribution in [2.24, 2.45) is 0 Å². The van der Waals surface area contributed by atoms with Gasteiger partial charge in [-0.15, -0.1) is 5.10 Å². The predicted octanol–water partition coefficient (Wildman–Crippen LogP) is 4.89. The van der Waals surface area contributed by atoms with Crippen LogP contribution in [0, 0.1) is 0 Å². The van der Waals surface area contributed by atoms with Gasteiger partial charge >= 0.3 is 0 Å². The van der Waals surface area contributed by atoms with Crippen LogP contribution in [0.3, 0.4) is 0 Å². The molecule has 0 saturated heterocycles. The fourth-order valence-electron chi connectivity index (χ4n) is 3.49. The normalized spacial score (nSPS) is 19.2. The maximum Gasteiger partial charge on any atom is 0.241 e. The first-order valence-corrected chi connectivity index (χ1v) is 9.64. The van der Waals surface area contributed by atoms with Crippen molar-refractivity contribution < 1.29 is 0 Å². The molecule has 1 aromatic heterocycles. The van der Waals surface area contributed by atoms with E-state index in [1.807, 2.05) is 4.68 Å². The minimum Gasteiger partial charge on any atom is -0.366 e. The van der Waals surface area contributed by atoms with Crippen LogP contribution in [0.5, 0.6) is 0 Å². The summed E-state index contributed by atoms with van der Waals surface area (Å²) in [5.41, 5.74) is 9.67. The zero-order valence-electron chi connectivity index (χ0n) is 14.9. The number of aromatic nitrogens is 3. The lowest BCUT2D eigenvalue weighted by Gasteiger charge is -2.31. The lowest BCUT2D eigenvalue weighted by atomic mass is 9.92. The van der Waals surface area contributed by atoms with E-state index in [9.17, 15) is 0 Å². The van der Waals surface area contributed by atoms with Gasteiger partial charge in [-0.3, -0.25) is 0 Å². The maximum absolute atomic E-state index is 5.88. The van der Waals surface area contributed by atoms with Gasteiger partial charge in [0.05, 0.1) is 12.1 Å². The molecule has 2 aromatic carbocycles. The fraction of sp³-hybridized carbons (Fsp3) is 0.300. The van der Waals surface area contributed by atoms with Crippen molar-refractivity contribution in [1.82, 2.24) is 14.8 Å². The zero-order chi connectivity index (χ0) is 18.3. The molecule has 4 rings (SSSR count). The lowest BCUT2D eigenvalue weighted by Crippen LogP contribution is -2.28. The number of benzene rings is 2. The number of hydrogen-bond acceptors (Lipinski definition) is 4. The summed E-state index contributed by atoms with van der Waals surface area (Å²) in [7, 11) is 0. The van der Waals surface area contributed by atoms with Crippen LogP contribution in [0.2, 0.25) is 0 Å². The van der Waals surface area contributed by atoms with E-state index in [4.69, 9.17) is 5.73 Å². The molecule has 3 aromatic rings. The number of nitrogens with one attached hydrogen (secondary N) is 1. The van der Waals surface area contributed by atoms with E-state index in [-0.39, 0.29) is 12.1 Å². The summed E-state index contributed by atoms with van der Waals surface area (Å²) in [6.07, 6.45) is 0.887. The maximum atomic E-state index is 5.88. The van der Waals surface area contributed by atoms with E-state index < -0.39 is 0 Å². The quantitative estimate of drug-likeness (QED) is 0.643. The van der Waals surface area contributed by atoms with Gasteiger partial charge in [-0.1, -0.05) is 66.2 Å². The first kappa shape index (κ1) is 17.1. The third-order valence-corrected chi connectivity index (χ3v) is 5.49. The van der Waals surface area contributed by atoms with Crippen molar-refractivity contribution >= 4 is 27.8 Å². The number of nitrogens with two attached hydrogens (primary N) is 1. The highest BCUT2D eigenvalue weighted by Gasteiger charge is 2.30. The molecular formula is C20H22BrN5. The predicted molar refractivity (Wildman–Crippen MR) is 108 cm³/mol. The van der Waals surface area contributed by atoms with Crippen molar-refractivity contribution in [3.8, 4) is 0 Å². The van der Waals surface area contributed by atoms with E-state index in [1.54, 1.807) is 0 Å². The van der Waals surface area contributed by atoms with E-state index in [0.29, 0.717) is 11.9 Å². The van der Waals surface area contributed by atoms with Gasteiger partial charge in [0.25, 0.3) is 0 Å². The van der Waals surface area contributed by atoms with E-state index in [1.165, 1.54) is 16.7 Å². The summed E-state index contributed by atoms with van der Waals surface area (Å²) >= 11 is 3.50. The Kier molecular flexibility index (Phi) is 4.44. The van der Waals surface area contributed by atoms with Crippen molar-refractivity contribution in [3.63, 3.8) is 0 Å². The molecule has 2 atom stereocenters. The summed E-state index contributed by atoms with van der Waals surface area (Å²) in [6, 6.07) is 17.5. The van der Waals surface area contributed by atoms with Crippen molar-refractivity contribution in [3.05, 3.63) is 69.7 Å². The topological polar surface area (TPSA) is 68.8 Å². The Bertz CT molecular complexity index is 899. The molecule has 5 nitrogen and oxygen atoms in total. The van der Waals surface area contributed by atoms with Gasteiger partial charge in [-0.05, 0) is 41.2 Å². The summed E-state index contributed by atoms with van der Waals surface area (Å²) in [6.45, 7) is 4.42. The molecule has 1 aliphatic rings. The summed E-state index contributed by atoms with van der Waals surface area (Å²) in [5.74, 6) is 1.54. The smallest absolute Gasteiger partial charge is 0.241 e. The highest BCUT2D eigenvalue weighted by molar-refractivity contribution is 9.10. The number of nitrogens with zero attached hydrogens (tertiary/aromatic N) is 3. The minimum atomic E-state index is 0.103. The van der Waals surface area contributed by atoms with Gasteiger partial charge in [0.15, 0.2) is 0 Å². The average Bonchev–Trinajstić information content (AvgIpc) is 3.01. The van der Waals surface area contributed by atoms with Crippen LogP contribution in [-0.4, -0.2) is 14.8 Å². The molecule has 134 valence electrons. The second-order valence-electron chi connectivity index (χ2n) is 7.06. The van der Waals surface area contributed by atoms with Crippen LogP contribution in [0.1, 0.15) is 55.0 Å². The van der Waals surface area contributed by atoms with E-state index >= 15 is 0 Å². The number of nitrogen functional groups attached to an aromatic ring is 1. The molecule has 2 heterocycles. The van der Waals surface area contributed by atoms with Crippen LogP contribution < -0.4 is 11.1 Å². The molecule has 1 aliphatic heterocycles. The molecule has 26 heavy (non-hydrogen) atoms. The van der Waals surface area contributed by atoms with Gasteiger partial charge in [0, 0.05) is 4.47 Å². The highest BCUT2D eigenvalue weighted by atomic mass is 79.9. The molecule has 0 saturated carbocycles. The molecule has 0 spiro atoms. The van der Waals surface area contributed by atoms with E-state index in [2.05, 4.69) is 93.7 Å². The van der Waals surface area contributed by atoms with Gasteiger partial charge < -0.3 is 11.1 Å². The first-order chi connectivity index (χ1) is 12.5. The summed E-state index contributed by atoms with van der Waals surface area (Å²) in [4.78, 5) is 4.38. The number of halogens is 1. The monoisotopic (exact) mass is 411 g/mol. The number of anilines is 2. The standard InChI is InChI=1S/C20H22BrN5/c1-12(2)13-3-5-15(6-4-13)18-11-17(14-7-9-16(21)10-8-14)23-20-24-19(22)25-26(18)20/h3-10,12,17-18H,11H2,1-2H3,(H3,22,23,24,25)/t17-,18+/m0/s1. The Balaban J connectivity index is 1.71. The molecular weight excluding hydrogens is 390 g/mol. The van der Waals surface area contributed by atoms with Crippen LogP contribution in [-0.2, 0) is 0 Å². The molecule has 0 amide bonds. The molecule has 0 bridgehead atoms. The van der Waals surface area contributed by atoms with Crippen LogP contribution >= 0.6 is 15.9 Å².